The van der Waals surface area contributed by atoms with Crippen molar-refractivity contribution in [3.63, 3.8) is 0 Å². The van der Waals surface area contributed by atoms with Crippen molar-refractivity contribution in [3.05, 3.63) is 0 Å². The first kappa shape index (κ1) is 8.35. The minimum absolute atomic E-state index is 0. The molecule has 0 bridgehead atoms. The van der Waals surface area contributed by atoms with Crippen molar-refractivity contribution in [3.8, 4) is 0 Å². The lowest BCUT2D eigenvalue weighted by atomic mass is 9.73. The molecule has 2 fully saturated rings. The lowest BCUT2D eigenvalue weighted by molar-refractivity contribution is 0.175. The maximum atomic E-state index is 5.62. The van der Waals surface area contributed by atoms with Gasteiger partial charge in [-0.05, 0) is 50.0 Å². The number of nitrogens with two attached hydrogens (primary N) is 1. The summed E-state index contributed by atoms with van der Waals surface area (Å²) in [7, 11) is 0. The molecule has 2 aliphatic carbocycles. The van der Waals surface area contributed by atoms with Crippen molar-refractivity contribution >= 4 is 12.4 Å². The molecule has 2 heteroatoms. The predicted molar refractivity (Wildman–Crippen MR) is 45.2 cm³/mol. The van der Waals surface area contributed by atoms with Gasteiger partial charge in [0.1, 0.15) is 0 Å². The lowest BCUT2D eigenvalue weighted by Gasteiger charge is -2.33. The molecule has 0 radical (unpaired) electrons. The molecule has 0 heterocycles. The highest BCUT2D eigenvalue weighted by molar-refractivity contribution is 5.85. The Morgan fingerprint density at radius 1 is 1.10 bits per heavy atom. The van der Waals surface area contributed by atoms with Crippen LogP contribution in [0.5, 0.6) is 0 Å². The number of rotatable bonds is 1. The van der Waals surface area contributed by atoms with Crippen LogP contribution in [0.25, 0.3) is 0 Å². The van der Waals surface area contributed by atoms with Gasteiger partial charge in [-0.2, -0.15) is 0 Å². The Kier molecular flexibility index (Phi) is 2.59. The van der Waals surface area contributed by atoms with Crippen molar-refractivity contribution in [1.82, 2.24) is 0 Å². The standard InChI is InChI=1S/C8H15N.ClH/c9-5-7-2-1-6-3-4-8(6)7;/h6-8H,1-5,9H2;1H. The number of fused-ring (bicyclic) bond motifs is 1. The van der Waals surface area contributed by atoms with Crippen LogP contribution in [0.3, 0.4) is 0 Å². The van der Waals surface area contributed by atoms with Gasteiger partial charge in [0.25, 0.3) is 0 Å². The maximum Gasteiger partial charge on any atom is -0.00461 e. The molecule has 2 rings (SSSR count). The van der Waals surface area contributed by atoms with Crippen LogP contribution >= 0.6 is 12.4 Å². The molecule has 2 saturated carbocycles. The number of hydrogen-bond acceptors (Lipinski definition) is 1. The monoisotopic (exact) mass is 161 g/mol. The average Bonchev–Trinajstić information content (AvgIpc) is 2.07. The smallest absolute Gasteiger partial charge is 0.00461 e. The third-order valence-electron chi connectivity index (χ3n) is 3.29. The largest absolute Gasteiger partial charge is 0.330 e. The number of halogens is 1. The molecule has 0 saturated heterocycles. The maximum absolute atomic E-state index is 5.62. The van der Waals surface area contributed by atoms with Gasteiger partial charge >= 0.3 is 0 Å². The first-order chi connectivity index (χ1) is 4.42. The molecule has 2 aliphatic rings. The van der Waals surface area contributed by atoms with E-state index in [9.17, 15) is 0 Å². The lowest BCUT2D eigenvalue weighted by Crippen LogP contribution is -2.28. The Labute approximate surface area is 68.8 Å². The highest BCUT2D eigenvalue weighted by atomic mass is 35.5. The summed E-state index contributed by atoms with van der Waals surface area (Å²) in [6, 6.07) is 0. The van der Waals surface area contributed by atoms with Gasteiger partial charge < -0.3 is 5.73 Å². The van der Waals surface area contributed by atoms with E-state index in [0.29, 0.717) is 0 Å². The molecular formula is C8H16ClN. The molecular weight excluding hydrogens is 146 g/mol. The van der Waals surface area contributed by atoms with Crippen LogP contribution in [0.1, 0.15) is 25.7 Å². The molecule has 0 aromatic rings. The summed E-state index contributed by atoms with van der Waals surface area (Å²) >= 11 is 0. The van der Waals surface area contributed by atoms with Crippen LogP contribution in [0.15, 0.2) is 0 Å². The first-order valence-electron chi connectivity index (χ1n) is 4.12. The molecule has 0 aromatic carbocycles. The molecule has 3 unspecified atom stereocenters. The van der Waals surface area contributed by atoms with E-state index in [4.69, 9.17) is 5.73 Å². The zero-order valence-corrected chi connectivity index (χ0v) is 7.07. The molecule has 60 valence electrons. The van der Waals surface area contributed by atoms with E-state index in [2.05, 4.69) is 0 Å². The second-order valence-electron chi connectivity index (χ2n) is 3.57. The van der Waals surface area contributed by atoms with Crippen molar-refractivity contribution in [1.29, 1.82) is 0 Å². The molecule has 1 nitrogen and oxygen atoms in total. The molecule has 2 N–H and O–H groups in total. The summed E-state index contributed by atoms with van der Waals surface area (Å²) < 4.78 is 0. The van der Waals surface area contributed by atoms with E-state index in [0.717, 1.165) is 24.3 Å². The first-order valence-corrected chi connectivity index (χ1v) is 4.12. The minimum atomic E-state index is 0. The summed E-state index contributed by atoms with van der Waals surface area (Å²) in [5.41, 5.74) is 5.62. The van der Waals surface area contributed by atoms with E-state index in [-0.39, 0.29) is 12.4 Å². The SMILES string of the molecule is Cl.NCC1CCC2CCC12. The zero-order chi connectivity index (χ0) is 6.27. The highest BCUT2D eigenvalue weighted by Gasteiger charge is 2.40. The van der Waals surface area contributed by atoms with Crippen LogP contribution in [-0.2, 0) is 0 Å². The van der Waals surface area contributed by atoms with Gasteiger partial charge in [-0.3, -0.25) is 0 Å². The average molecular weight is 162 g/mol. The van der Waals surface area contributed by atoms with E-state index in [1.54, 1.807) is 0 Å². The fourth-order valence-corrected chi connectivity index (χ4v) is 2.51. The summed E-state index contributed by atoms with van der Waals surface area (Å²) in [6.45, 7) is 0.946. The van der Waals surface area contributed by atoms with E-state index >= 15 is 0 Å². The van der Waals surface area contributed by atoms with Gasteiger partial charge in [-0.1, -0.05) is 0 Å². The van der Waals surface area contributed by atoms with Gasteiger partial charge in [0.05, 0.1) is 0 Å². The summed E-state index contributed by atoms with van der Waals surface area (Å²) in [6.07, 6.45) is 5.88. The van der Waals surface area contributed by atoms with Crippen LogP contribution in [0.2, 0.25) is 0 Å². The second kappa shape index (κ2) is 3.10. The van der Waals surface area contributed by atoms with E-state index in [1.807, 2.05) is 0 Å². The van der Waals surface area contributed by atoms with Crippen molar-refractivity contribution in [2.24, 2.45) is 23.5 Å². The molecule has 0 aliphatic heterocycles. The van der Waals surface area contributed by atoms with Crippen molar-refractivity contribution in [2.45, 2.75) is 25.7 Å². The highest BCUT2D eigenvalue weighted by Crippen LogP contribution is 2.49. The van der Waals surface area contributed by atoms with E-state index < -0.39 is 0 Å². The summed E-state index contributed by atoms with van der Waals surface area (Å²) in [5.74, 6) is 3.05. The van der Waals surface area contributed by atoms with E-state index in [1.165, 1.54) is 25.7 Å². The Morgan fingerprint density at radius 2 is 1.80 bits per heavy atom. The Morgan fingerprint density at radius 3 is 2.10 bits per heavy atom. The molecule has 3 atom stereocenters. The Balaban J connectivity index is 0.000000500. The number of hydrogen-bond donors (Lipinski definition) is 1. The zero-order valence-electron chi connectivity index (χ0n) is 6.25. The minimum Gasteiger partial charge on any atom is -0.330 e. The van der Waals surface area contributed by atoms with Crippen LogP contribution in [0.4, 0.5) is 0 Å². The second-order valence-corrected chi connectivity index (χ2v) is 3.57. The Bertz CT molecular complexity index is 114. The van der Waals surface area contributed by atoms with Crippen molar-refractivity contribution < 1.29 is 0 Å². The third kappa shape index (κ3) is 1.06. The summed E-state index contributed by atoms with van der Waals surface area (Å²) in [4.78, 5) is 0. The molecule has 0 aromatic heterocycles. The van der Waals surface area contributed by atoms with Crippen LogP contribution < -0.4 is 5.73 Å². The predicted octanol–water partition coefficient (Wildman–Crippen LogP) is 1.80. The van der Waals surface area contributed by atoms with Gasteiger partial charge in [0.15, 0.2) is 0 Å². The van der Waals surface area contributed by atoms with Crippen molar-refractivity contribution in [2.75, 3.05) is 6.54 Å². The van der Waals surface area contributed by atoms with Gasteiger partial charge in [0.2, 0.25) is 0 Å². The fraction of sp³-hybridized carbons (Fsp3) is 1.00. The van der Waals surface area contributed by atoms with Gasteiger partial charge in [0, 0.05) is 0 Å². The fourth-order valence-electron chi connectivity index (χ4n) is 2.51. The molecule has 0 spiro atoms. The van der Waals surface area contributed by atoms with Gasteiger partial charge in [-0.25, -0.2) is 0 Å². The third-order valence-corrected chi connectivity index (χ3v) is 3.29. The topological polar surface area (TPSA) is 26.0 Å². The normalized spacial score (nSPS) is 43.5. The molecule has 0 amide bonds. The quantitative estimate of drug-likeness (QED) is 0.624. The van der Waals surface area contributed by atoms with Crippen LogP contribution in [0, 0.1) is 17.8 Å². The summed E-state index contributed by atoms with van der Waals surface area (Å²) in [5, 5.41) is 0. The Hall–Kier alpha value is 0.250. The molecule has 10 heavy (non-hydrogen) atoms. The van der Waals surface area contributed by atoms with Crippen LogP contribution in [-0.4, -0.2) is 6.54 Å². The van der Waals surface area contributed by atoms with Gasteiger partial charge in [-0.15, -0.1) is 12.4 Å².